The van der Waals surface area contributed by atoms with Crippen LogP contribution in [-0.2, 0) is 0 Å². The van der Waals surface area contributed by atoms with Crippen molar-refractivity contribution in [3.8, 4) is 6.07 Å². The number of nitrogens with zero attached hydrogens (tertiary/aromatic N) is 2. The predicted octanol–water partition coefficient (Wildman–Crippen LogP) is 3.38. The van der Waals surface area contributed by atoms with E-state index in [-0.39, 0.29) is 0 Å². The fourth-order valence-electron chi connectivity index (χ4n) is 1.39. The molecule has 0 radical (unpaired) electrons. The Morgan fingerprint density at radius 1 is 1.38 bits per heavy atom. The second-order valence-corrected chi connectivity index (χ2v) is 4.80. The van der Waals surface area contributed by atoms with Crippen LogP contribution < -0.4 is 5.32 Å². The third-order valence-electron chi connectivity index (χ3n) is 2.16. The minimum absolute atomic E-state index is 0.646. The first-order valence-corrected chi connectivity index (χ1v) is 5.71. The monoisotopic (exact) mass is 229 g/mol. The Bertz CT molecular complexity index is 552. The van der Waals surface area contributed by atoms with E-state index in [1.807, 2.05) is 38.2 Å². The van der Waals surface area contributed by atoms with Crippen LogP contribution in [0.3, 0.4) is 0 Å². The van der Waals surface area contributed by atoms with Crippen LogP contribution in [0.4, 0.5) is 10.8 Å². The van der Waals surface area contributed by atoms with Crippen LogP contribution in [0.1, 0.15) is 16.0 Å². The number of aromatic nitrogens is 1. The lowest BCUT2D eigenvalue weighted by Crippen LogP contribution is -1.93. The SMILES string of the molecule is Cc1ccc(Nc2ncc(C)s2)c(C#N)c1. The van der Waals surface area contributed by atoms with E-state index >= 15 is 0 Å². The van der Waals surface area contributed by atoms with Crippen LogP contribution in [-0.4, -0.2) is 4.98 Å². The van der Waals surface area contributed by atoms with Gasteiger partial charge in [-0.1, -0.05) is 6.07 Å². The lowest BCUT2D eigenvalue weighted by atomic mass is 10.1. The van der Waals surface area contributed by atoms with Crippen LogP contribution in [0, 0.1) is 25.2 Å². The van der Waals surface area contributed by atoms with Gasteiger partial charge in [-0.2, -0.15) is 5.26 Å². The Labute approximate surface area is 98.4 Å². The Kier molecular flexibility index (Phi) is 2.88. The average Bonchev–Trinajstić information content (AvgIpc) is 2.67. The maximum absolute atomic E-state index is 9.02. The average molecular weight is 229 g/mol. The molecule has 0 aliphatic rings. The van der Waals surface area contributed by atoms with Crippen molar-refractivity contribution in [1.29, 1.82) is 5.26 Å². The molecule has 80 valence electrons. The highest BCUT2D eigenvalue weighted by Crippen LogP contribution is 2.24. The summed E-state index contributed by atoms with van der Waals surface area (Å²) in [6.07, 6.45) is 1.81. The minimum Gasteiger partial charge on any atom is -0.330 e. The molecule has 0 bridgehead atoms. The number of benzene rings is 1. The predicted molar refractivity (Wildman–Crippen MR) is 66.0 cm³/mol. The molecule has 0 fully saturated rings. The van der Waals surface area contributed by atoms with Gasteiger partial charge in [0.25, 0.3) is 0 Å². The van der Waals surface area contributed by atoms with Crippen molar-refractivity contribution in [2.75, 3.05) is 5.32 Å². The van der Waals surface area contributed by atoms with Gasteiger partial charge in [-0.05, 0) is 31.5 Å². The third kappa shape index (κ3) is 2.20. The van der Waals surface area contributed by atoms with Crippen LogP contribution in [0.15, 0.2) is 24.4 Å². The highest BCUT2D eigenvalue weighted by atomic mass is 32.1. The number of anilines is 2. The van der Waals surface area contributed by atoms with Gasteiger partial charge in [-0.25, -0.2) is 4.98 Å². The Morgan fingerprint density at radius 2 is 2.19 bits per heavy atom. The first-order chi connectivity index (χ1) is 7.69. The Balaban J connectivity index is 2.31. The van der Waals surface area contributed by atoms with Gasteiger partial charge in [0, 0.05) is 11.1 Å². The molecule has 0 atom stereocenters. The van der Waals surface area contributed by atoms with E-state index in [2.05, 4.69) is 16.4 Å². The van der Waals surface area contributed by atoms with E-state index in [0.717, 1.165) is 21.3 Å². The van der Waals surface area contributed by atoms with Crippen molar-refractivity contribution in [3.05, 3.63) is 40.4 Å². The molecule has 0 saturated heterocycles. The van der Waals surface area contributed by atoms with E-state index < -0.39 is 0 Å². The van der Waals surface area contributed by atoms with E-state index in [1.165, 1.54) is 0 Å². The van der Waals surface area contributed by atoms with Gasteiger partial charge in [0.1, 0.15) is 6.07 Å². The van der Waals surface area contributed by atoms with Gasteiger partial charge in [-0.3, -0.25) is 0 Å². The zero-order chi connectivity index (χ0) is 11.5. The Morgan fingerprint density at radius 3 is 2.81 bits per heavy atom. The van der Waals surface area contributed by atoms with Crippen LogP contribution in [0.2, 0.25) is 0 Å². The number of nitriles is 1. The topological polar surface area (TPSA) is 48.7 Å². The summed E-state index contributed by atoms with van der Waals surface area (Å²) in [6.45, 7) is 3.97. The number of thiazole rings is 1. The van der Waals surface area contributed by atoms with Crippen molar-refractivity contribution in [1.82, 2.24) is 4.98 Å². The van der Waals surface area contributed by atoms with E-state index in [4.69, 9.17) is 5.26 Å². The van der Waals surface area contributed by atoms with Crippen LogP contribution in [0.25, 0.3) is 0 Å². The zero-order valence-corrected chi connectivity index (χ0v) is 9.93. The highest BCUT2D eigenvalue weighted by molar-refractivity contribution is 7.15. The quantitative estimate of drug-likeness (QED) is 0.858. The number of hydrogen-bond acceptors (Lipinski definition) is 4. The van der Waals surface area contributed by atoms with Crippen molar-refractivity contribution >= 4 is 22.2 Å². The summed E-state index contributed by atoms with van der Waals surface area (Å²) in [5, 5.41) is 13.0. The number of aryl methyl sites for hydroxylation is 2. The molecule has 0 amide bonds. The lowest BCUT2D eigenvalue weighted by Gasteiger charge is -2.05. The summed E-state index contributed by atoms with van der Waals surface area (Å²) in [5.74, 6) is 0. The molecule has 0 saturated carbocycles. The number of hydrogen-bond donors (Lipinski definition) is 1. The van der Waals surface area contributed by atoms with Gasteiger partial charge in [0.15, 0.2) is 5.13 Å². The second-order valence-electron chi connectivity index (χ2n) is 3.56. The van der Waals surface area contributed by atoms with E-state index in [1.54, 1.807) is 11.3 Å². The summed E-state index contributed by atoms with van der Waals surface area (Å²) in [4.78, 5) is 5.35. The molecule has 2 aromatic rings. The molecule has 0 unspecified atom stereocenters. The smallest absolute Gasteiger partial charge is 0.187 e. The highest BCUT2D eigenvalue weighted by Gasteiger charge is 2.04. The standard InChI is InChI=1S/C12H11N3S/c1-8-3-4-11(10(5-8)6-13)15-12-14-7-9(2)16-12/h3-5,7H,1-2H3,(H,14,15). The normalized spacial score (nSPS) is 9.81. The summed E-state index contributed by atoms with van der Waals surface area (Å²) in [7, 11) is 0. The van der Waals surface area contributed by atoms with E-state index in [0.29, 0.717) is 5.56 Å². The maximum Gasteiger partial charge on any atom is 0.187 e. The van der Waals surface area contributed by atoms with Crippen molar-refractivity contribution in [3.63, 3.8) is 0 Å². The fourth-order valence-corrected chi connectivity index (χ4v) is 2.06. The molecule has 1 aromatic carbocycles. The summed E-state index contributed by atoms with van der Waals surface area (Å²) >= 11 is 1.57. The fraction of sp³-hybridized carbons (Fsp3) is 0.167. The second kappa shape index (κ2) is 4.33. The zero-order valence-electron chi connectivity index (χ0n) is 9.11. The number of rotatable bonds is 2. The van der Waals surface area contributed by atoms with Gasteiger partial charge in [-0.15, -0.1) is 11.3 Å². The Hall–Kier alpha value is -1.86. The molecule has 0 aliphatic heterocycles. The van der Waals surface area contributed by atoms with Gasteiger partial charge >= 0.3 is 0 Å². The molecular weight excluding hydrogens is 218 g/mol. The van der Waals surface area contributed by atoms with Crippen LogP contribution >= 0.6 is 11.3 Å². The summed E-state index contributed by atoms with van der Waals surface area (Å²) in [5.41, 5.74) is 2.53. The molecule has 1 aromatic heterocycles. The third-order valence-corrected chi connectivity index (χ3v) is 2.99. The van der Waals surface area contributed by atoms with Crippen LogP contribution in [0.5, 0.6) is 0 Å². The van der Waals surface area contributed by atoms with Crippen molar-refractivity contribution in [2.24, 2.45) is 0 Å². The molecular formula is C12H11N3S. The summed E-state index contributed by atoms with van der Waals surface area (Å²) < 4.78 is 0. The molecule has 1 N–H and O–H groups in total. The molecule has 0 spiro atoms. The van der Waals surface area contributed by atoms with Gasteiger partial charge in [0.05, 0.1) is 11.3 Å². The van der Waals surface area contributed by atoms with Gasteiger partial charge in [0.2, 0.25) is 0 Å². The van der Waals surface area contributed by atoms with Gasteiger partial charge < -0.3 is 5.32 Å². The molecule has 3 nitrogen and oxygen atoms in total. The van der Waals surface area contributed by atoms with Crippen molar-refractivity contribution in [2.45, 2.75) is 13.8 Å². The minimum atomic E-state index is 0.646. The first-order valence-electron chi connectivity index (χ1n) is 4.89. The molecule has 4 heteroatoms. The lowest BCUT2D eigenvalue weighted by molar-refractivity contribution is 1.35. The van der Waals surface area contributed by atoms with E-state index in [9.17, 15) is 0 Å². The molecule has 0 aliphatic carbocycles. The maximum atomic E-state index is 9.02. The summed E-state index contributed by atoms with van der Waals surface area (Å²) in [6, 6.07) is 7.92. The molecule has 1 heterocycles. The van der Waals surface area contributed by atoms with Crippen molar-refractivity contribution < 1.29 is 0 Å². The largest absolute Gasteiger partial charge is 0.330 e. The first kappa shape index (κ1) is 10.7. The molecule has 16 heavy (non-hydrogen) atoms. The number of nitrogens with one attached hydrogen (secondary N) is 1. The molecule has 2 rings (SSSR count).